The summed E-state index contributed by atoms with van der Waals surface area (Å²) in [6, 6.07) is 0. The third-order valence-corrected chi connectivity index (χ3v) is 3.43. The molecule has 0 aliphatic rings. The molecule has 0 saturated carbocycles. The molecule has 136 valence electrons. The van der Waals surface area contributed by atoms with Gasteiger partial charge in [0.15, 0.2) is 0 Å². The summed E-state index contributed by atoms with van der Waals surface area (Å²) in [7, 11) is 0. The molecule has 1 aromatic heterocycles. The van der Waals surface area contributed by atoms with E-state index in [1.165, 1.54) is 6.92 Å². The van der Waals surface area contributed by atoms with Crippen LogP contribution in [0.25, 0.3) is 0 Å². The topological polar surface area (TPSA) is 123 Å². The van der Waals surface area contributed by atoms with Gasteiger partial charge in [0.25, 0.3) is 0 Å². The van der Waals surface area contributed by atoms with E-state index in [1.807, 2.05) is 0 Å². The van der Waals surface area contributed by atoms with Crippen molar-refractivity contribution in [2.75, 3.05) is 19.8 Å². The van der Waals surface area contributed by atoms with Crippen molar-refractivity contribution in [1.82, 2.24) is 19.4 Å². The van der Waals surface area contributed by atoms with Gasteiger partial charge in [-0.15, -0.1) is 4.37 Å². The first-order chi connectivity index (χ1) is 11.4. The lowest BCUT2D eigenvalue weighted by molar-refractivity contribution is -0.143. The van der Waals surface area contributed by atoms with Gasteiger partial charge in [-0.3, -0.25) is 14.9 Å². The minimum absolute atomic E-state index is 0.0254. The van der Waals surface area contributed by atoms with Gasteiger partial charge >= 0.3 is 5.97 Å². The average Bonchev–Trinajstić information content (AvgIpc) is 2.96. The van der Waals surface area contributed by atoms with E-state index in [0.717, 1.165) is 11.7 Å². The van der Waals surface area contributed by atoms with Crippen molar-refractivity contribution in [1.29, 1.82) is 0 Å². The van der Waals surface area contributed by atoms with Crippen LogP contribution in [0.1, 0.15) is 32.9 Å². The van der Waals surface area contributed by atoms with Crippen molar-refractivity contribution < 1.29 is 24.2 Å². The van der Waals surface area contributed by atoms with Crippen LogP contribution < -0.4 is 15.4 Å². The maximum atomic E-state index is 11.4. The van der Waals surface area contributed by atoms with Crippen LogP contribution in [0.3, 0.4) is 0 Å². The highest BCUT2D eigenvalue weighted by molar-refractivity contribution is 6.99. The molecule has 1 aromatic rings. The van der Waals surface area contributed by atoms with Crippen LogP contribution in [0.5, 0.6) is 5.88 Å². The number of amides is 1. The fourth-order valence-corrected chi connectivity index (χ4v) is 2.36. The molecule has 0 bridgehead atoms. The Kier molecular flexibility index (Phi) is 9.20. The minimum Gasteiger partial charge on any atom is -0.473 e. The Morgan fingerprint density at radius 1 is 1.38 bits per heavy atom. The molecule has 3 N–H and O–H groups in total. The monoisotopic (exact) mass is 360 g/mol. The number of aliphatic hydroxyl groups is 1. The first kappa shape index (κ1) is 20.3. The maximum Gasteiger partial charge on any atom is 0.306 e. The van der Waals surface area contributed by atoms with E-state index in [-0.39, 0.29) is 37.6 Å². The van der Waals surface area contributed by atoms with E-state index >= 15 is 0 Å². The van der Waals surface area contributed by atoms with Crippen molar-refractivity contribution >= 4 is 23.6 Å². The molecule has 0 aliphatic heterocycles. The lowest BCUT2D eigenvalue weighted by Gasteiger charge is -2.17. The first-order valence-electron chi connectivity index (χ1n) is 7.70. The zero-order valence-corrected chi connectivity index (χ0v) is 14.9. The lowest BCUT2D eigenvalue weighted by atomic mass is 10.2. The lowest BCUT2D eigenvalue weighted by Crippen LogP contribution is -2.46. The molecule has 0 spiro atoms. The Balaban J connectivity index is 2.33. The number of hydrogen-bond acceptors (Lipinski definition) is 9. The van der Waals surface area contributed by atoms with E-state index in [4.69, 9.17) is 9.47 Å². The fraction of sp³-hybridized carbons (Fsp3) is 0.714. The molecular formula is C14H24N4O5S. The number of rotatable bonds is 11. The van der Waals surface area contributed by atoms with Gasteiger partial charge in [-0.25, -0.2) is 0 Å². The Bertz CT molecular complexity index is 525. The molecule has 1 amide bonds. The van der Waals surface area contributed by atoms with Gasteiger partial charge in [-0.2, -0.15) is 4.37 Å². The molecule has 2 unspecified atom stereocenters. The second kappa shape index (κ2) is 10.9. The molecule has 0 radical (unpaired) electrons. The number of carbonyl (C=O) groups is 2. The molecule has 0 aromatic carbocycles. The number of esters is 1. The van der Waals surface area contributed by atoms with Crippen LogP contribution in [0.2, 0.25) is 0 Å². The van der Waals surface area contributed by atoms with Crippen molar-refractivity contribution in [2.45, 2.75) is 45.9 Å². The highest BCUT2D eigenvalue weighted by Crippen LogP contribution is 2.17. The van der Waals surface area contributed by atoms with E-state index in [1.54, 1.807) is 13.8 Å². The first-order valence-corrected chi connectivity index (χ1v) is 8.43. The molecule has 1 rings (SSSR count). The summed E-state index contributed by atoms with van der Waals surface area (Å²) in [4.78, 5) is 22.2. The summed E-state index contributed by atoms with van der Waals surface area (Å²) in [5, 5.41) is 15.5. The fourth-order valence-electron chi connectivity index (χ4n) is 1.82. The van der Waals surface area contributed by atoms with Crippen LogP contribution in [0.4, 0.5) is 0 Å². The molecule has 2 atom stereocenters. The van der Waals surface area contributed by atoms with Gasteiger partial charge in [0.2, 0.25) is 11.8 Å². The van der Waals surface area contributed by atoms with Gasteiger partial charge in [-0.1, -0.05) is 0 Å². The molecular weight excluding hydrogens is 336 g/mol. The number of hydrogen-bond donors (Lipinski definition) is 3. The number of carbonyl (C=O) groups excluding carboxylic acids is 2. The highest BCUT2D eigenvalue weighted by Gasteiger charge is 2.14. The normalized spacial score (nSPS) is 13.2. The third kappa shape index (κ3) is 8.18. The second-order valence-electron chi connectivity index (χ2n) is 5.12. The smallest absolute Gasteiger partial charge is 0.306 e. The predicted octanol–water partition coefficient (Wildman–Crippen LogP) is -0.155. The number of aryl methyl sites for hydroxylation is 1. The quantitative estimate of drug-likeness (QED) is 0.368. The van der Waals surface area contributed by atoms with Gasteiger partial charge in [0, 0.05) is 19.9 Å². The molecule has 0 saturated heterocycles. The van der Waals surface area contributed by atoms with Crippen molar-refractivity contribution in [3.8, 4) is 5.88 Å². The van der Waals surface area contributed by atoms with Crippen LogP contribution in [0, 0.1) is 0 Å². The summed E-state index contributed by atoms with van der Waals surface area (Å²) >= 11 is 0.986. The van der Waals surface area contributed by atoms with Crippen LogP contribution in [-0.2, 0) is 20.7 Å². The van der Waals surface area contributed by atoms with Gasteiger partial charge in [0.05, 0.1) is 30.9 Å². The van der Waals surface area contributed by atoms with Gasteiger partial charge in [0.1, 0.15) is 18.4 Å². The number of nitrogens with one attached hydrogen (secondary N) is 2. The Morgan fingerprint density at radius 3 is 2.79 bits per heavy atom. The molecule has 1 heterocycles. The van der Waals surface area contributed by atoms with Crippen molar-refractivity contribution in [3.63, 3.8) is 0 Å². The minimum atomic E-state index is -0.777. The highest BCUT2D eigenvalue weighted by atomic mass is 32.1. The zero-order valence-electron chi connectivity index (χ0n) is 14.1. The Morgan fingerprint density at radius 2 is 2.12 bits per heavy atom. The molecule has 10 heteroatoms. The predicted molar refractivity (Wildman–Crippen MR) is 87.6 cm³/mol. The summed E-state index contributed by atoms with van der Waals surface area (Å²) in [5.74, 6) is -0.133. The summed E-state index contributed by atoms with van der Waals surface area (Å²) in [5.41, 5.74) is 0.569. The molecule has 24 heavy (non-hydrogen) atoms. The SMILES string of the molecule is CCOC(=O)CCc1nsnc1OCC(O)CNC(C)NC(C)=O. The average molecular weight is 360 g/mol. The van der Waals surface area contributed by atoms with Crippen molar-refractivity contribution in [2.24, 2.45) is 0 Å². The number of ether oxygens (including phenoxy) is 2. The van der Waals surface area contributed by atoms with E-state index < -0.39 is 6.10 Å². The number of aliphatic hydroxyl groups excluding tert-OH is 1. The number of aromatic nitrogens is 2. The Hall–Kier alpha value is -1.78. The van der Waals surface area contributed by atoms with Crippen LogP contribution in [0.15, 0.2) is 0 Å². The third-order valence-electron chi connectivity index (χ3n) is 2.88. The second-order valence-corrected chi connectivity index (χ2v) is 5.64. The maximum absolute atomic E-state index is 11.4. The van der Waals surface area contributed by atoms with Crippen LogP contribution in [-0.4, -0.2) is 57.8 Å². The van der Waals surface area contributed by atoms with Crippen LogP contribution >= 0.6 is 11.7 Å². The zero-order chi connectivity index (χ0) is 17.9. The molecule has 0 fully saturated rings. The Labute approximate surface area is 145 Å². The van der Waals surface area contributed by atoms with E-state index in [2.05, 4.69) is 19.4 Å². The molecule has 9 nitrogen and oxygen atoms in total. The van der Waals surface area contributed by atoms with Crippen molar-refractivity contribution in [3.05, 3.63) is 5.69 Å². The number of nitrogens with zero attached hydrogens (tertiary/aromatic N) is 2. The van der Waals surface area contributed by atoms with Gasteiger partial charge in [-0.05, 0) is 13.8 Å². The van der Waals surface area contributed by atoms with E-state index in [9.17, 15) is 14.7 Å². The standard InChI is InChI=1S/C14H24N4O5S/c1-4-22-13(21)6-5-12-14(18-24-17-12)23-8-11(20)7-15-9(2)16-10(3)19/h9,11,15,20H,4-8H2,1-3H3,(H,16,19). The molecule has 0 aliphatic carbocycles. The van der Waals surface area contributed by atoms with Gasteiger partial charge < -0.3 is 19.9 Å². The van der Waals surface area contributed by atoms with E-state index in [0.29, 0.717) is 24.6 Å². The summed E-state index contributed by atoms with van der Waals surface area (Å²) in [6.45, 7) is 5.55. The summed E-state index contributed by atoms with van der Waals surface area (Å²) in [6.07, 6.45) is -0.453. The largest absolute Gasteiger partial charge is 0.473 e. The summed E-state index contributed by atoms with van der Waals surface area (Å²) < 4.78 is 18.4.